The molecule has 26 heavy (non-hydrogen) atoms. The van der Waals surface area contributed by atoms with E-state index in [9.17, 15) is 10.5 Å². The van der Waals surface area contributed by atoms with E-state index in [-0.39, 0.29) is 5.57 Å². The van der Waals surface area contributed by atoms with E-state index in [1.807, 2.05) is 0 Å². The third-order valence-corrected chi connectivity index (χ3v) is 6.13. The number of hydrogen-bond acceptors (Lipinski definition) is 6. The molecule has 1 atom stereocenters. The van der Waals surface area contributed by atoms with Gasteiger partial charge in [-0.25, -0.2) is 0 Å². The molecule has 142 valence electrons. The lowest BCUT2D eigenvalue weighted by Gasteiger charge is -2.27. The Balaban J connectivity index is 1.57. The highest BCUT2D eigenvalue weighted by Gasteiger charge is 2.29. The first-order valence-electron chi connectivity index (χ1n) is 10.2. The summed E-state index contributed by atoms with van der Waals surface area (Å²) in [6.45, 7) is 11.8. The molecule has 0 N–H and O–H groups in total. The van der Waals surface area contributed by atoms with Gasteiger partial charge in [0.25, 0.3) is 0 Å². The van der Waals surface area contributed by atoms with Gasteiger partial charge in [-0.05, 0) is 58.7 Å². The fourth-order valence-electron chi connectivity index (χ4n) is 4.59. The molecule has 3 aliphatic rings. The third-order valence-electron chi connectivity index (χ3n) is 6.13. The van der Waals surface area contributed by atoms with Crippen LogP contribution in [0, 0.1) is 22.7 Å². The van der Waals surface area contributed by atoms with Crippen molar-refractivity contribution in [3.05, 3.63) is 11.4 Å². The Labute approximate surface area is 158 Å². The van der Waals surface area contributed by atoms with E-state index in [0.717, 1.165) is 51.5 Å². The van der Waals surface area contributed by atoms with Gasteiger partial charge in [0.2, 0.25) is 0 Å². The Kier molecular flexibility index (Phi) is 6.77. The maximum atomic E-state index is 9.43. The van der Waals surface area contributed by atoms with Crippen LogP contribution in [0.1, 0.15) is 39.0 Å². The fourth-order valence-corrected chi connectivity index (χ4v) is 4.59. The van der Waals surface area contributed by atoms with E-state index in [2.05, 4.69) is 38.7 Å². The molecular weight excluding hydrogens is 324 g/mol. The summed E-state index contributed by atoms with van der Waals surface area (Å²) in [6.07, 6.45) is 6.31. The van der Waals surface area contributed by atoms with E-state index in [0.29, 0.717) is 6.04 Å². The first-order chi connectivity index (χ1) is 12.7. The van der Waals surface area contributed by atoms with Gasteiger partial charge in [-0.2, -0.15) is 10.5 Å². The van der Waals surface area contributed by atoms with Crippen molar-refractivity contribution >= 4 is 0 Å². The minimum atomic E-state index is 0.276. The maximum Gasteiger partial charge on any atom is 0.169 e. The van der Waals surface area contributed by atoms with Crippen molar-refractivity contribution in [2.45, 2.75) is 45.1 Å². The van der Waals surface area contributed by atoms with Crippen LogP contribution >= 0.6 is 0 Å². The van der Waals surface area contributed by atoms with E-state index in [1.54, 1.807) is 0 Å². The smallest absolute Gasteiger partial charge is 0.169 e. The van der Waals surface area contributed by atoms with Crippen LogP contribution in [0.2, 0.25) is 0 Å². The highest BCUT2D eigenvalue weighted by molar-refractivity contribution is 5.40. The Morgan fingerprint density at radius 2 is 1.58 bits per heavy atom. The second-order valence-electron chi connectivity index (χ2n) is 7.83. The zero-order valence-corrected chi connectivity index (χ0v) is 16.2. The second-order valence-corrected chi connectivity index (χ2v) is 7.83. The number of hydrogen-bond donors (Lipinski definition) is 0. The fraction of sp³-hybridized carbons (Fsp3) is 0.800. The minimum Gasteiger partial charge on any atom is -0.355 e. The lowest BCUT2D eigenvalue weighted by Crippen LogP contribution is -2.34. The van der Waals surface area contributed by atoms with Crippen molar-refractivity contribution in [3.8, 4) is 12.1 Å². The van der Waals surface area contributed by atoms with Gasteiger partial charge < -0.3 is 19.6 Å². The first-order valence-corrected chi connectivity index (χ1v) is 10.2. The lowest BCUT2D eigenvalue weighted by atomic mass is 10.2. The predicted octanol–water partition coefficient (Wildman–Crippen LogP) is 1.83. The molecule has 6 nitrogen and oxygen atoms in total. The number of allylic oxidation sites excluding steroid dienone is 1. The van der Waals surface area contributed by atoms with Crippen molar-refractivity contribution in [2.75, 3.05) is 58.9 Å². The molecule has 3 fully saturated rings. The van der Waals surface area contributed by atoms with Crippen LogP contribution in [0.3, 0.4) is 0 Å². The van der Waals surface area contributed by atoms with Crippen LogP contribution in [0.5, 0.6) is 0 Å². The van der Waals surface area contributed by atoms with Crippen LogP contribution in [-0.2, 0) is 0 Å². The molecule has 3 heterocycles. The molecule has 1 unspecified atom stereocenters. The summed E-state index contributed by atoms with van der Waals surface area (Å²) in [5.74, 6) is 0.878. The third kappa shape index (κ3) is 4.50. The Morgan fingerprint density at radius 3 is 2.19 bits per heavy atom. The molecule has 0 radical (unpaired) electrons. The average molecular weight is 357 g/mol. The van der Waals surface area contributed by atoms with E-state index >= 15 is 0 Å². The molecule has 0 bridgehead atoms. The number of rotatable bonds is 7. The highest BCUT2D eigenvalue weighted by Crippen LogP contribution is 2.23. The van der Waals surface area contributed by atoms with Crippen molar-refractivity contribution in [2.24, 2.45) is 0 Å². The lowest BCUT2D eigenvalue weighted by molar-refractivity contribution is 0.241. The standard InChI is InChI=1S/C20H32N6/c1-18-6-4-9-24(18)10-5-11-25-14-15-26(20(25)19(16-21)17-22)13-12-23-7-2-3-8-23/h18H,2-15H2,1H3. The van der Waals surface area contributed by atoms with Gasteiger partial charge in [0, 0.05) is 45.3 Å². The molecule has 3 aliphatic heterocycles. The molecule has 3 rings (SSSR count). The molecule has 6 heteroatoms. The van der Waals surface area contributed by atoms with E-state index in [4.69, 9.17) is 0 Å². The van der Waals surface area contributed by atoms with E-state index < -0.39 is 0 Å². The molecule has 0 amide bonds. The predicted molar refractivity (Wildman–Crippen MR) is 102 cm³/mol. The molecule has 0 spiro atoms. The highest BCUT2D eigenvalue weighted by atomic mass is 15.4. The van der Waals surface area contributed by atoms with Crippen LogP contribution in [0.4, 0.5) is 0 Å². The molecule has 3 saturated heterocycles. The first kappa shape index (κ1) is 19.0. The minimum absolute atomic E-state index is 0.276. The Hall–Kier alpha value is -1.76. The van der Waals surface area contributed by atoms with Gasteiger partial charge in [0.15, 0.2) is 5.57 Å². The summed E-state index contributed by atoms with van der Waals surface area (Å²) < 4.78 is 0. The largest absolute Gasteiger partial charge is 0.355 e. The number of nitrogens with zero attached hydrogens (tertiary/aromatic N) is 6. The van der Waals surface area contributed by atoms with Crippen molar-refractivity contribution in [1.29, 1.82) is 10.5 Å². The number of likely N-dealkylation sites (tertiary alicyclic amines) is 2. The van der Waals surface area contributed by atoms with Gasteiger partial charge in [0.05, 0.1) is 0 Å². The Morgan fingerprint density at radius 1 is 0.885 bits per heavy atom. The summed E-state index contributed by atoms with van der Waals surface area (Å²) in [4.78, 5) is 9.60. The van der Waals surface area contributed by atoms with Crippen LogP contribution < -0.4 is 0 Å². The summed E-state index contributed by atoms with van der Waals surface area (Å²) in [7, 11) is 0. The maximum absolute atomic E-state index is 9.43. The van der Waals surface area contributed by atoms with Crippen LogP contribution in [0.25, 0.3) is 0 Å². The Bertz CT molecular complexity index is 564. The summed E-state index contributed by atoms with van der Waals surface area (Å²) in [5.41, 5.74) is 0.276. The SMILES string of the molecule is CC1CCCN1CCCN1CCN(CCN2CCCC2)C1=C(C#N)C#N. The zero-order chi connectivity index (χ0) is 18.4. The van der Waals surface area contributed by atoms with Crippen molar-refractivity contribution in [3.63, 3.8) is 0 Å². The molecule has 0 saturated carbocycles. The summed E-state index contributed by atoms with van der Waals surface area (Å²) in [6, 6.07) is 4.97. The molecule has 0 aromatic carbocycles. The average Bonchev–Trinajstić information content (AvgIpc) is 3.38. The second kappa shape index (κ2) is 9.26. The summed E-state index contributed by atoms with van der Waals surface area (Å²) >= 11 is 0. The molecule has 0 aromatic heterocycles. The van der Waals surface area contributed by atoms with Crippen LogP contribution in [-0.4, -0.2) is 84.5 Å². The monoisotopic (exact) mass is 356 g/mol. The van der Waals surface area contributed by atoms with Gasteiger partial charge >= 0.3 is 0 Å². The summed E-state index contributed by atoms with van der Waals surface area (Å²) in [5, 5.41) is 18.9. The van der Waals surface area contributed by atoms with Gasteiger partial charge in [-0.3, -0.25) is 0 Å². The topological polar surface area (TPSA) is 60.5 Å². The normalized spacial score (nSPS) is 24.3. The quantitative estimate of drug-likeness (QED) is 0.649. The van der Waals surface area contributed by atoms with E-state index in [1.165, 1.54) is 45.3 Å². The van der Waals surface area contributed by atoms with Gasteiger partial charge in [-0.15, -0.1) is 0 Å². The molecule has 0 aromatic rings. The number of nitriles is 2. The molecular formula is C20H32N6. The van der Waals surface area contributed by atoms with Crippen LogP contribution in [0.15, 0.2) is 11.4 Å². The van der Waals surface area contributed by atoms with Gasteiger partial charge in [-0.1, -0.05) is 0 Å². The van der Waals surface area contributed by atoms with Gasteiger partial charge in [0.1, 0.15) is 18.0 Å². The zero-order valence-electron chi connectivity index (χ0n) is 16.2. The van der Waals surface area contributed by atoms with Crippen molar-refractivity contribution in [1.82, 2.24) is 19.6 Å². The molecule has 0 aliphatic carbocycles. The van der Waals surface area contributed by atoms with Crippen molar-refractivity contribution < 1.29 is 0 Å².